The number of amides is 3. The fourth-order valence-electron chi connectivity index (χ4n) is 5.15. The lowest BCUT2D eigenvalue weighted by molar-refractivity contribution is -0.165. The Bertz CT molecular complexity index is 1850. The Morgan fingerprint density at radius 2 is 1.75 bits per heavy atom. The number of benzene rings is 2. The SMILES string of the molecule is BOC(=O)C[C@H](O/N=C(\C(=O)N[C@@H]1C(=O)N2C=C(CCl)C[S+]([O-])[C@H]12)c1csc(NC(=O)OC(C)(C)C)n1)C(=O)OC(c1ccccc1)c1ccccc1. The lowest BCUT2D eigenvalue weighted by atomic mass is 10.0. The summed E-state index contributed by atoms with van der Waals surface area (Å²) in [6.45, 7) is 5.04. The third-order valence-electron chi connectivity index (χ3n) is 7.58. The molecule has 3 amide bonds. The lowest BCUT2D eigenvalue weighted by Gasteiger charge is -2.46. The molecule has 1 aromatic heterocycles. The smallest absolute Gasteiger partial charge is 0.413 e. The maximum atomic E-state index is 13.8. The largest absolute Gasteiger partial charge is 0.614 e. The number of nitrogens with one attached hydrogen (secondary N) is 2. The van der Waals surface area contributed by atoms with Gasteiger partial charge in [-0.2, -0.15) is 0 Å². The third-order valence-corrected chi connectivity index (χ3v) is 10.4. The highest BCUT2D eigenvalue weighted by Crippen LogP contribution is 2.33. The molecule has 0 saturated carbocycles. The van der Waals surface area contributed by atoms with E-state index in [0.717, 1.165) is 19.4 Å². The van der Waals surface area contributed by atoms with Crippen molar-refractivity contribution in [1.82, 2.24) is 15.2 Å². The molecule has 1 unspecified atom stereocenters. The molecular weight excluding hydrogens is 749 g/mol. The van der Waals surface area contributed by atoms with Gasteiger partial charge in [-0.1, -0.05) is 65.8 Å². The summed E-state index contributed by atoms with van der Waals surface area (Å²) in [5.74, 6) is -3.17. The number of β-lactam (4-membered cyclic amide) rings is 1. The summed E-state index contributed by atoms with van der Waals surface area (Å²) < 4.78 is 28.9. The number of aromatic nitrogens is 1. The van der Waals surface area contributed by atoms with Gasteiger partial charge in [0.2, 0.25) is 11.5 Å². The molecule has 4 atom stereocenters. The molecule has 2 aliphatic heterocycles. The molecule has 0 aliphatic carbocycles. The summed E-state index contributed by atoms with van der Waals surface area (Å²) >= 11 is 5.24. The molecule has 3 aromatic rings. The molecule has 1 fully saturated rings. The van der Waals surface area contributed by atoms with Gasteiger partial charge in [-0.05, 0) is 43.1 Å². The molecule has 2 aliphatic rings. The van der Waals surface area contributed by atoms with Gasteiger partial charge >= 0.3 is 20.1 Å². The molecule has 5 rings (SSSR count). The summed E-state index contributed by atoms with van der Waals surface area (Å²) in [5, 5.41) is 9.49. The van der Waals surface area contributed by atoms with Crippen LogP contribution in [0, 0.1) is 0 Å². The molecule has 0 spiro atoms. The van der Waals surface area contributed by atoms with Crippen LogP contribution in [-0.4, -0.2) is 92.8 Å². The molecule has 2 N–H and O–H groups in total. The normalized spacial score (nSPS) is 18.9. The quantitative estimate of drug-likeness (QED) is 0.0492. The van der Waals surface area contributed by atoms with Crippen molar-refractivity contribution in [3.8, 4) is 0 Å². The van der Waals surface area contributed by atoms with Crippen LogP contribution in [0.15, 0.2) is 83.0 Å². The van der Waals surface area contributed by atoms with Gasteiger partial charge in [0, 0.05) is 23.0 Å². The number of thiazole rings is 1. The van der Waals surface area contributed by atoms with Gasteiger partial charge < -0.3 is 28.8 Å². The highest BCUT2D eigenvalue weighted by molar-refractivity contribution is 7.92. The molecule has 0 bridgehead atoms. The van der Waals surface area contributed by atoms with E-state index in [9.17, 15) is 28.5 Å². The Hall–Kier alpha value is -4.91. The minimum Gasteiger partial charge on any atom is -0.614 e. The Kier molecular flexibility index (Phi) is 12.8. The average Bonchev–Trinajstić information content (AvgIpc) is 3.59. The van der Waals surface area contributed by atoms with Crippen LogP contribution >= 0.6 is 22.9 Å². The maximum absolute atomic E-state index is 13.8. The number of oxime groups is 1. The van der Waals surface area contributed by atoms with Gasteiger partial charge in [-0.3, -0.25) is 24.6 Å². The van der Waals surface area contributed by atoms with E-state index in [1.165, 1.54) is 16.5 Å². The molecule has 278 valence electrons. The van der Waals surface area contributed by atoms with Crippen LogP contribution in [0.4, 0.5) is 9.93 Å². The summed E-state index contributed by atoms with van der Waals surface area (Å²) in [6.07, 6.45) is -2.58. The Morgan fingerprint density at radius 3 is 2.34 bits per heavy atom. The van der Waals surface area contributed by atoms with Gasteiger partial charge in [0.1, 0.15) is 17.0 Å². The first-order chi connectivity index (χ1) is 25.3. The zero-order chi connectivity index (χ0) is 38.3. The van der Waals surface area contributed by atoms with Crippen molar-refractivity contribution in [3.05, 3.63) is 94.6 Å². The Labute approximate surface area is 317 Å². The molecule has 15 nitrogen and oxygen atoms in total. The van der Waals surface area contributed by atoms with Crippen LogP contribution in [-0.2, 0) is 49.3 Å². The van der Waals surface area contributed by atoms with E-state index in [2.05, 4.69) is 20.8 Å². The van der Waals surface area contributed by atoms with E-state index in [4.69, 9.17) is 30.6 Å². The van der Waals surface area contributed by atoms with Crippen LogP contribution in [0.25, 0.3) is 0 Å². The number of ether oxygens (including phenoxy) is 2. The lowest BCUT2D eigenvalue weighted by Crippen LogP contribution is -2.73. The standard InChI is InChI=1S/C34H35BClN5O10S2/c1-34(2,3)49-33(46)39-32-37-22(17-52-32)25(28(43)38-26-29(44)41-16-19(15-36)18-53(47)30(26)41)40-51-23(14-24(42)50-35)31(45)48-27(20-10-6-4-7-11-20)21-12-8-5-9-13-21/h4-13,16-17,23,26-27,30H,14-15,18,35H2,1-3H3,(H,38,43)(H,37,39,46)/b40-25-/t23-,26+,30+,53?/m0/s1. The highest BCUT2D eigenvalue weighted by Gasteiger charge is 2.57. The van der Waals surface area contributed by atoms with E-state index in [1.54, 1.807) is 81.4 Å². The second-order valence-corrected chi connectivity index (χ2v) is 15.3. The van der Waals surface area contributed by atoms with Gasteiger partial charge in [-0.15, -0.1) is 22.9 Å². The zero-order valence-electron chi connectivity index (χ0n) is 29.0. The first-order valence-electron chi connectivity index (χ1n) is 16.1. The zero-order valence-corrected chi connectivity index (χ0v) is 31.4. The first-order valence-corrected chi connectivity index (χ1v) is 18.9. The number of rotatable bonds is 13. The summed E-state index contributed by atoms with van der Waals surface area (Å²) in [7, 11) is 1.12. The van der Waals surface area contributed by atoms with Gasteiger partial charge in [0.25, 0.3) is 17.8 Å². The van der Waals surface area contributed by atoms with Crippen molar-refractivity contribution in [3.63, 3.8) is 0 Å². The van der Waals surface area contributed by atoms with Crippen molar-refractivity contribution in [2.45, 2.75) is 56.4 Å². The Balaban J connectivity index is 1.44. The number of alkyl halides is 1. The van der Waals surface area contributed by atoms with Crippen molar-refractivity contribution in [1.29, 1.82) is 0 Å². The predicted octanol–water partition coefficient (Wildman–Crippen LogP) is 2.93. The predicted molar refractivity (Wildman–Crippen MR) is 198 cm³/mol. The number of halogens is 1. The summed E-state index contributed by atoms with van der Waals surface area (Å²) in [4.78, 5) is 76.6. The van der Waals surface area contributed by atoms with Crippen LogP contribution in [0.5, 0.6) is 0 Å². The molecule has 2 aromatic carbocycles. The number of carbonyl (C=O) groups excluding carboxylic acids is 5. The summed E-state index contributed by atoms with van der Waals surface area (Å²) in [5.41, 5.74) is 0.393. The number of hydrogen-bond donors (Lipinski definition) is 2. The van der Waals surface area contributed by atoms with Crippen LogP contribution in [0.1, 0.15) is 50.1 Å². The van der Waals surface area contributed by atoms with Crippen molar-refractivity contribution >= 4 is 82.9 Å². The van der Waals surface area contributed by atoms with Crippen LogP contribution in [0.3, 0.4) is 0 Å². The van der Waals surface area contributed by atoms with Gasteiger partial charge in [0.15, 0.2) is 23.0 Å². The van der Waals surface area contributed by atoms with E-state index in [1.807, 2.05) is 0 Å². The number of fused-ring (bicyclic) bond motifs is 1. The number of anilines is 1. The molecule has 53 heavy (non-hydrogen) atoms. The van der Waals surface area contributed by atoms with E-state index < -0.39 is 82.4 Å². The summed E-state index contributed by atoms with van der Waals surface area (Å²) in [6, 6.07) is 16.6. The second-order valence-electron chi connectivity index (χ2n) is 12.7. The van der Waals surface area contributed by atoms with Gasteiger partial charge in [-0.25, -0.2) is 14.6 Å². The monoisotopic (exact) mass is 783 g/mol. The topological polar surface area (TPSA) is 198 Å². The van der Waals surface area contributed by atoms with E-state index in [0.29, 0.717) is 16.7 Å². The fourth-order valence-corrected chi connectivity index (χ4v) is 7.72. The van der Waals surface area contributed by atoms with Crippen LogP contribution < -0.4 is 10.6 Å². The van der Waals surface area contributed by atoms with Crippen LogP contribution in [0.2, 0.25) is 0 Å². The molecule has 1 saturated heterocycles. The number of hydrogen-bond acceptors (Lipinski definition) is 13. The van der Waals surface area contributed by atoms with Gasteiger partial charge in [0.05, 0.1) is 6.42 Å². The second kappa shape index (κ2) is 17.3. The van der Waals surface area contributed by atoms with Crippen molar-refractivity contribution in [2.75, 3.05) is 16.9 Å². The first kappa shape index (κ1) is 39.3. The number of carbonyl (C=O) groups is 5. The third kappa shape index (κ3) is 9.95. The molecule has 19 heteroatoms. The maximum Gasteiger partial charge on any atom is 0.413 e. The Morgan fingerprint density at radius 1 is 1.11 bits per heavy atom. The van der Waals surface area contributed by atoms with E-state index in [-0.39, 0.29) is 22.5 Å². The van der Waals surface area contributed by atoms with Crippen molar-refractivity contribution < 1.29 is 47.5 Å². The molecule has 0 radical (unpaired) electrons. The fraction of sp³-hybridized carbons (Fsp3) is 0.324. The molecular formula is C34H35BClN5O10S2. The minimum atomic E-state index is -1.72. The highest BCUT2D eigenvalue weighted by atomic mass is 35.5. The number of nitrogens with zero attached hydrogens (tertiary/aromatic N) is 3. The van der Waals surface area contributed by atoms with E-state index >= 15 is 0 Å². The van der Waals surface area contributed by atoms with Crippen molar-refractivity contribution in [2.24, 2.45) is 5.16 Å². The number of esters is 1. The minimum absolute atomic E-state index is 0.0202. The average molecular weight is 784 g/mol. The molecule has 3 heterocycles.